The minimum absolute atomic E-state index is 0.218. The number of aromatic nitrogens is 3. The summed E-state index contributed by atoms with van der Waals surface area (Å²) in [5, 5.41) is 0.814. The van der Waals surface area contributed by atoms with E-state index in [0.717, 1.165) is 10.1 Å². The zero-order valence-corrected chi connectivity index (χ0v) is 16.2. The Kier molecular flexibility index (Phi) is 6.28. The average molecular weight is 419 g/mol. The van der Waals surface area contributed by atoms with Crippen LogP contribution >= 0.6 is 23.2 Å². The average Bonchev–Trinajstić information content (AvgIpc) is 2.67. The third kappa shape index (κ3) is 5.09. The van der Waals surface area contributed by atoms with E-state index in [0.29, 0.717) is 15.7 Å². The van der Waals surface area contributed by atoms with Gasteiger partial charge in [0.25, 0.3) is 5.56 Å². The minimum Gasteiger partial charge on any atom is -0.331 e. The largest absolute Gasteiger partial charge is 0.331 e. The van der Waals surface area contributed by atoms with Crippen molar-refractivity contribution in [2.75, 3.05) is 0 Å². The summed E-state index contributed by atoms with van der Waals surface area (Å²) in [6.07, 6.45) is 2.93. The Morgan fingerprint density at radius 1 is 1.07 bits per heavy atom. The van der Waals surface area contributed by atoms with Gasteiger partial charge in [0, 0.05) is 25.0 Å². The fourth-order valence-electron chi connectivity index (χ4n) is 2.59. The van der Waals surface area contributed by atoms with E-state index in [1.165, 1.54) is 12.3 Å². The Labute approximate surface area is 170 Å². The fraction of sp³-hybridized carbons (Fsp3) is 0.158. The third-order valence-electron chi connectivity index (χ3n) is 3.99. The van der Waals surface area contributed by atoms with E-state index >= 15 is 0 Å². The van der Waals surface area contributed by atoms with Gasteiger partial charge in [-0.05, 0) is 29.8 Å². The molecule has 0 fully saturated rings. The second-order valence-corrected chi connectivity index (χ2v) is 6.87. The smallest absolute Gasteiger partial charge is 0.328 e. The van der Waals surface area contributed by atoms with Gasteiger partial charge in [-0.2, -0.15) is 0 Å². The normalized spacial score (nSPS) is 10.6. The first-order chi connectivity index (χ1) is 13.4. The van der Waals surface area contributed by atoms with Crippen molar-refractivity contribution in [2.24, 2.45) is 0 Å². The number of carbonyl (C=O) groups is 1. The van der Waals surface area contributed by atoms with Crippen LogP contribution in [0.3, 0.4) is 0 Å². The first kappa shape index (κ1) is 19.9. The summed E-state index contributed by atoms with van der Waals surface area (Å²) in [6.45, 7) is 0.284. The van der Waals surface area contributed by atoms with E-state index in [1.54, 1.807) is 41.4 Å². The minimum atomic E-state index is -0.645. The van der Waals surface area contributed by atoms with Crippen LogP contribution in [0, 0.1) is 0 Å². The van der Waals surface area contributed by atoms with Crippen molar-refractivity contribution in [3.05, 3.63) is 97.0 Å². The van der Waals surface area contributed by atoms with E-state index in [2.05, 4.69) is 9.97 Å². The van der Waals surface area contributed by atoms with Gasteiger partial charge in [0.1, 0.15) is 6.54 Å². The topological polar surface area (TPSA) is 88.1 Å². The number of nitrogens with zero attached hydrogens (tertiary/aromatic N) is 3. The van der Waals surface area contributed by atoms with E-state index in [9.17, 15) is 14.4 Å². The quantitative estimate of drug-likeness (QED) is 0.665. The van der Waals surface area contributed by atoms with Crippen LogP contribution in [0.5, 0.6) is 0 Å². The molecular weight excluding hydrogens is 403 g/mol. The number of pyridine rings is 1. The number of nitrogens with one attached hydrogen (secondary N) is 1. The zero-order valence-electron chi connectivity index (χ0n) is 14.6. The number of hydrogen-bond donors (Lipinski definition) is 1. The number of H-pyrrole nitrogens is 1. The first-order valence-corrected chi connectivity index (χ1v) is 9.09. The molecule has 0 saturated carbocycles. The molecule has 9 heteroatoms. The predicted molar refractivity (Wildman–Crippen MR) is 106 cm³/mol. The van der Waals surface area contributed by atoms with Gasteiger partial charge in [0.05, 0.1) is 22.3 Å². The molecule has 2 heterocycles. The van der Waals surface area contributed by atoms with Crippen molar-refractivity contribution in [2.45, 2.75) is 19.6 Å². The number of carbonyl (C=O) groups excluding carboxylic acids is 1. The molecule has 28 heavy (non-hydrogen) atoms. The molecule has 144 valence electrons. The fourth-order valence-corrected chi connectivity index (χ4v) is 2.91. The number of rotatable bonds is 6. The van der Waals surface area contributed by atoms with Gasteiger partial charge in [-0.3, -0.25) is 24.1 Å². The maximum Gasteiger partial charge on any atom is 0.328 e. The van der Waals surface area contributed by atoms with Crippen molar-refractivity contribution in [3.63, 3.8) is 0 Å². The Hall–Kier alpha value is -2.90. The van der Waals surface area contributed by atoms with Gasteiger partial charge in [-0.1, -0.05) is 35.3 Å². The van der Waals surface area contributed by atoms with Crippen molar-refractivity contribution >= 4 is 29.1 Å². The molecule has 1 amide bonds. The number of hydrogen-bond acceptors (Lipinski definition) is 4. The standard InChI is InChI=1S/C19H16Cl2N4O3/c20-15-5-4-13(9-16(15)21)10-25(11-14-3-1-2-7-22-14)18(27)12-24-8-6-17(26)23-19(24)28/h1-9H,10-12H2,(H,23,26,28). The second kappa shape index (κ2) is 8.86. The summed E-state index contributed by atoms with van der Waals surface area (Å²) < 4.78 is 1.14. The highest BCUT2D eigenvalue weighted by Gasteiger charge is 2.17. The molecule has 0 bridgehead atoms. The summed E-state index contributed by atoms with van der Waals surface area (Å²) >= 11 is 12.0. The molecule has 1 aromatic carbocycles. The van der Waals surface area contributed by atoms with Crippen LogP contribution in [0.15, 0.2) is 64.4 Å². The zero-order chi connectivity index (χ0) is 20.1. The van der Waals surface area contributed by atoms with Gasteiger partial charge in [-0.15, -0.1) is 0 Å². The number of aromatic amines is 1. The van der Waals surface area contributed by atoms with Crippen molar-refractivity contribution in [1.29, 1.82) is 0 Å². The first-order valence-electron chi connectivity index (χ1n) is 8.34. The molecule has 0 aliphatic rings. The molecule has 1 N–H and O–H groups in total. The van der Waals surface area contributed by atoms with Crippen LogP contribution in [0.4, 0.5) is 0 Å². The summed E-state index contributed by atoms with van der Waals surface area (Å²) in [4.78, 5) is 43.9. The lowest BCUT2D eigenvalue weighted by molar-refractivity contribution is -0.133. The maximum atomic E-state index is 12.9. The molecule has 0 atom stereocenters. The van der Waals surface area contributed by atoms with Crippen molar-refractivity contribution in [1.82, 2.24) is 19.4 Å². The number of benzene rings is 1. The Balaban J connectivity index is 1.85. The van der Waals surface area contributed by atoms with Crippen LogP contribution in [-0.4, -0.2) is 25.3 Å². The highest BCUT2D eigenvalue weighted by atomic mass is 35.5. The highest BCUT2D eigenvalue weighted by molar-refractivity contribution is 6.42. The van der Waals surface area contributed by atoms with Gasteiger partial charge in [0.2, 0.25) is 5.91 Å². The van der Waals surface area contributed by atoms with Crippen LogP contribution < -0.4 is 11.2 Å². The lowest BCUT2D eigenvalue weighted by Crippen LogP contribution is -2.37. The van der Waals surface area contributed by atoms with Crippen LogP contribution in [0.2, 0.25) is 10.0 Å². The third-order valence-corrected chi connectivity index (χ3v) is 4.73. The molecule has 0 unspecified atom stereocenters. The van der Waals surface area contributed by atoms with E-state index in [-0.39, 0.29) is 25.5 Å². The molecule has 0 aliphatic carbocycles. The molecule has 3 rings (SSSR count). The molecule has 7 nitrogen and oxygen atoms in total. The summed E-state index contributed by atoms with van der Waals surface area (Å²) in [5.41, 5.74) is 0.320. The number of amides is 1. The van der Waals surface area contributed by atoms with Crippen LogP contribution in [-0.2, 0) is 24.4 Å². The van der Waals surface area contributed by atoms with E-state index in [4.69, 9.17) is 23.2 Å². The van der Waals surface area contributed by atoms with Crippen LogP contribution in [0.1, 0.15) is 11.3 Å². The Morgan fingerprint density at radius 3 is 2.57 bits per heavy atom. The molecule has 2 aromatic heterocycles. The maximum absolute atomic E-state index is 12.9. The van der Waals surface area contributed by atoms with Gasteiger partial charge >= 0.3 is 5.69 Å². The monoisotopic (exact) mass is 418 g/mol. The number of halogens is 2. The van der Waals surface area contributed by atoms with E-state index in [1.807, 2.05) is 6.07 Å². The lowest BCUT2D eigenvalue weighted by atomic mass is 10.2. The lowest BCUT2D eigenvalue weighted by Gasteiger charge is -2.23. The molecule has 0 aliphatic heterocycles. The predicted octanol–water partition coefficient (Wildman–Crippen LogP) is 2.47. The van der Waals surface area contributed by atoms with Gasteiger partial charge in [-0.25, -0.2) is 4.79 Å². The van der Waals surface area contributed by atoms with Crippen LogP contribution in [0.25, 0.3) is 0 Å². The molecular formula is C19H16Cl2N4O3. The van der Waals surface area contributed by atoms with Crippen molar-refractivity contribution in [3.8, 4) is 0 Å². The highest BCUT2D eigenvalue weighted by Crippen LogP contribution is 2.23. The Morgan fingerprint density at radius 2 is 1.89 bits per heavy atom. The molecule has 0 spiro atoms. The SMILES string of the molecule is O=C(Cn1ccc(=O)[nH]c1=O)N(Cc1ccc(Cl)c(Cl)c1)Cc1ccccn1. The molecule has 3 aromatic rings. The Bertz CT molecular complexity index is 1100. The summed E-state index contributed by atoms with van der Waals surface area (Å²) in [5.74, 6) is -0.314. The molecule has 0 saturated heterocycles. The summed E-state index contributed by atoms with van der Waals surface area (Å²) in [6, 6.07) is 11.7. The molecule has 0 radical (unpaired) electrons. The van der Waals surface area contributed by atoms with Gasteiger partial charge < -0.3 is 4.90 Å². The van der Waals surface area contributed by atoms with Gasteiger partial charge in [0.15, 0.2) is 0 Å². The second-order valence-electron chi connectivity index (χ2n) is 6.06. The summed E-state index contributed by atoms with van der Waals surface area (Å²) in [7, 11) is 0. The van der Waals surface area contributed by atoms with E-state index < -0.39 is 11.2 Å². The van der Waals surface area contributed by atoms with Crippen molar-refractivity contribution < 1.29 is 4.79 Å².